The molecule has 0 aliphatic carbocycles. The Kier molecular flexibility index (Phi) is 3.58. The smallest absolute Gasteiger partial charge is 0.0835 e. The van der Waals surface area contributed by atoms with Crippen molar-refractivity contribution < 1.29 is 0 Å². The number of benzene rings is 3. The summed E-state index contributed by atoms with van der Waals surface area (Å²) in [6.45, 7) is 0. The van der Waals surface area contributed by atoms with Crippen molar-refractivity contribution in [1.29, 1.82) is 0 Å². The van der Waals surface area contributed by atoms with Gasteiger partial charge in [-0.15, -0.1) is 11.6 Å². The molecule has 0 radical (unpaired) electrons. The summed E-state index contributed by atoms with van der Waals surface area (Å²) in [6.07, 6.45) is 0. The number of hydrogen-bond donors (Lipinski definition) is 0. The van der Waals surface area contributed by atoms with Gasteiger partial charge in [0.15, 0.2) is 0 Å². The van der Waals surface area contributed by atoms with Gasteiger partial charge < -0.3 is 0 Å². The van der Waals surface area contributed by atoms with Crippen molar-refractivity contribution in [3.05, 3.63) is 82.3 Å². The Balaban J connectivity index is 2.04. The maximum atomic E-state index is 6.55. The molecular weight excluding hydrogens is 320 g/mol. The Morgan fingerprint density at radius 2 is 1.42 bits per heavy atom. The molecule has 3 aromatic rings. The lowest BCUT2D eigenvalue weighted by atomic mass is 10.0. The van der Waals surface area contributed by atoms with Crippen LogP contribution in [0.3, 0.4) is 0 Å². The monoisotopic (exact) mass is 330 g/mol. The van der Waals surface area contributed by atoms with Crippen molar-refractivity contribution in [2.45, 2.75) is 5.38 Å². The second kappa shape index (κ2) is 5.36. The highest BCUT2D eigenvalue weighted by Gasteiger charge is 2.10. The van der Waals surface area contributed by atoms with Crippen molar-refractivity contribution >= 4 is 38.3 Å². The molecule has 0 fully saturated rings. The average molecular weight is 332 g/mol. The van der Waals surface area contributed by atoms with Gasteiger partial charge in [0.25, 0.3) is 0 Å². The Labute approximate surface area is 126 Å². The second-order valence-corrected chi connectivity index (χ2v) is 5.88. The highest BCUT2D eigenvalue weighted by Crippen LogP contribution is 2.31. The van der Waals surface area contributed by atoms with E-state index in [4.69, 9.17) is 11.6 Å². The molecule has 0 spiro atoms. The van der Waals surface area contributed by atoms with Crippen molar-refractivity contribution in [3.63, 3.8) is 0 Å². The summed E-state index contributed by atoms with van der Waals surface area (Å²) in [6, 6.07) is 22.8. The summed E-state index contributed by atoms with van der Waals surface area (Å²) in [4.78, 5) is 0. The van der Waals surface area contributed by atoms with Crippen LogP contribution in [0, 0.1) is 0 Å². The summed E-state index contributed by atoms with van der Waals surface area (Å²) in [5, 5.41) is 2.33. The maximum absolute atomic E-state index is 6.55. The molecule has 0 aliphatic rings. The lowest BCUT2D eigenvalue weighted by Crippen LogP contribution is -1.92. The first-order valence-corrected chi connectivity index (χ1v) is 7.35. The molecule has 1 unspecified atom stereocenters. The minimum absolute atomic E-state index is 0.103. The fraction of sp³-hybridized carbons (Fsp3) is 0.0588. The van der Waals surface area contributed by atoms with E-state index in [-0.39, 0.29) is 5.38 Å². The van der Waals surface area contributed by atoms with E-state index in [1.54, 1.807) is 0 Å². The lowest BCUT2D eigenvalue weighted by Gasteiger charge is -2.11. The molecule has 0 amide bonds. The molecule has 2 heteroatoms. The van der Waals surface area contributed by atoms with Gasteiger partial charge in [-0.05, 0) is 40.1 Å². The number of halogens is 2. The van der Waals surface area contributed by atoms with E-state index in [1.165, 1.54) is 10.8 Å². The normalized spacial score (nSPS) is 12.5. The third-order valence-corrected chi connectivity index (χ3v) is 4.21. The summed E-state index contributed by atoms with van der Waals surface area (Å²) in [5.74, 6) is 0. The third-order valence-electron chi connectivity index (χ3n) is 3.21. The van der Waals surface area contributed by atoms with Gasteiger partial charge >= 0.3 is 0 Å². The first-order valence-electron chi connectivity index (χ1n) is 6.12. The van der Waals surface area contributed by atoms with E-state index < -0.39 is 0 Å². The van der Waals surface area contributed by atoms with Crippen molar-refractivity contribution in [2.24, 2.45) is 0 Å². The lowest BCUT2D eigenvalue weighted by molar-refractivity contribution is 1.15. The summed E-state index contributed by atoms with van der Waals surface area (Å²) >= 11 is 10.0. The standard InChI is InChI=1S/C17H12BrCl/c18-16-9-8-13-10-15(7-6-14(13)11-16)17(19)12-4-2-1-3-5-12/h1-11,17H. The highest BCUT2D eigenvalue weighted by atomic mass is 79.9. The first-order chi connectivity index (χ1) is 9.24. The van der Waals surface area contributed by atoms with E-state index >= 15 is 0 Å². The summed E-state index contributed by atoms with van der Waals surface area (Å²) in [7, 11) is 0. The van der Waals surface area contributed by atoms with Crippen LogP contribution in [0.25, 0.3) is 10.8 Å². The average Bonchev–Trinajstić information content (AvgIpc) is 2.47. The van der Waals surface area contributed by atoms with Crippen molar-refractivity contribution in [1.82, 2.24) is 0 Å². The molecule has 94 valence electrons. The van der Waals surface area contributed by atoms with Crippen LogP contribution in [0.15, 0.2) is 71.2 Å². The molecule has 19 heavy (non-hydrogen) atoms. The molecule has 0 nitrogen and oxygen atoms in total. The van der Waals surface area contributed by atoms with Crippen LogP contribution >= 0.6 is 27.5 Å². The van der Waals surface area contributed by atoms with Gasteiger partial charge in [0, 0.05) is 4.47 Å². The van der Waals surface area contributed by atoms with Crippen LogP contribution in [-0.2, 0) is 0 Å². The SMILES string of the molecule is ClC(c1ccccc1)c1ccc2cc(Br)ccc2c1. The largest absolute Gasteiger partial charge is 0.113 e. The van der Waals surface area contributed by atoms with Gasteiger partial charge in [0.2, 0.25) is 0 Å². The minimum Gasteiger partial charge on any atom is -0.113 e. The molecule has 0 aromatic heterocycles. The minimum atomic E-state index is -0.103. The molecule has 3 rings (SSSR count). The van der Waals surface area contributed by atoms with Crippen LogP contribution in [0.2, 0.25) is 0 Å². The fourth-order valence-electron chi connectivity index (χ4n) is 2.21. The van der Waals surface area contributed by atoms with E-state index in [9.17, 15) is 0 Å². The van der Waals surface area contributed by atoms with E-state index in [2.05, 4.69) is 64.5 Å². The Hall–Kier alpha value is -1.31. The molecule has 0 N–H and O–H groups in total. The maximum Gasteiger partial charge on any atom is 0.0835 e. The van der Waals surface area contributed by atoms with Crippen molar-refractivity contribution in [3.8, 4) is 0 Å². The van der Waals surface area contributed by atoms with Gasteiger partial charge in [0.05, 0.1) is 5.38 Å². The molecule has 3 aromatic carbocycles. The van der Waals surface area contributed by atoms with Crippen LogP contribution < -0.4 is 0 Å². The molecular formula is C17H12BrCl. The van der Waals surface area contributed by atoms with Gasteiger partial charge in [-0.25, -0.2) is 0 Å². The fourth-order valence-corrected chi connectivity index (χ4v) is 2.87. The van der Waals surface area contributed by atoms with Gasteiger partial charge in [0.1, 0.15) is 0 Å². The van der Waals surface area contributed by atoms with Gasteiger partial charge in [-0.2, -0.15) is 0 Å². The van der Waals surface area contributed by atoms with Crippen LogP contribution in [-0.4, -0.2) is 0 Å². The predicted molar refractivity (Wildman–Crippen MR) is 85.8 cm³/mol. The number of alkyl halides is 1. The molecule has 1 atom stereocenters. The topological polar surface area (TPSA) is 0 Å². The Morgan fingerprint density at radius 3 is 2.21 bits per heavy atom. The second-order valence-electron chi connectivity index (χ2n) is 4.52. The zero-order valence-electron chi connectivity index (χ0n) is 10.2. The highest BCUT2D eigenvalue weighted by molar-refractivity contribution is 9.10. The van der Waals surface area contributed by atoms with Crippen LogP contribution in [0.4, 0.5) is 0 Å². The van der Waals surface area contributed by atoms with Crippen LogP contribution in [0.1, 0.15) is 16.5 Å². The van der Waals surface area contributed by atoms with Gasteiger partial charge in [-0.3, -0.25) is 0 Å². The summed E-state index contributed by atoms with van der Waals surface area (Å²) < 4.78 is 1.10. The molecule has 0 saturated carbocycles. The Morgan fingerprint density at radius 1 is 0.737 bits per heavy atom. The quantitative estimate of drug-likeness (QED) is 0.510. The molecule has 0 aliphatic heterocycles. The van der Waals surface area contributed by atoms with E-state index in [0.29, 0.717) is 0 Å². The van der Waals surface area contributed by atoms with Crippen molar-refractivity contribution in [2.75, 3.05) is 0 Å². The van der Waals surface area contributed by atoms with Gasteiger partial charge in [-0.1, -0.05) is 64.5 Å². The molecule has 0 saturated heterocycles. The summed E-state index contributed by atoms with van der Waals surface area (Å²) in [5.41, 5.74) is 2.25. The Bertz CT molecular complexity index is 707. The van der Waals surface area contributed by atoms with Crippen LogP contribution in [0.5, 0.6) is 0 Å². The zero-order valence-corrected chi connectivity index (χ0v) is 12.5. The molecule has 0 bridgehead atoms. The third kappa shape index (κ3) is 2.68. The van der Waals surface area contributed by atoms with E-state index in [0.717, 1.165) is 15.6 Å². The van der Waals surface area contributed by atoms with E-state index in [1.807, 2.05) is 18.2 Å². The number of fused-ring (bicyclic) bond motifs is 1. The number of hydrogen-bond acceptors (Lipinski definition) is 0. The first kappa shape index (κ1) is 12.7. The zero-order chi connectivity index (χ0) is 13.2. The molecule has 0 heterocycles. The number of rotatable bonds is 2. The predicted octanol–water partition coefficient (Wildman–Crippen LogP) is 5.93.